The molecule has 0 unspecified atom stereocenters. The molecule has 60 valence electrons. The molecule has 0 fully saturated rings. The molecule has 0 aromatic heterocycles. The molecule has 2 N–H and O–H groups in total. The Labute approximate surface area is 59.4 Å². The molecule has 0 saturated carbocycles. The predicted molar refractivity (Wildman–Crippen MR) is 34.4 cm³/mol. The van der Waals surface area contributed by atoms with Crippen LogP contribution in [0.3, 0.4) is 0 Å². The second-order valence-corrected chi connectivity index (χ2v) is 1.81. The van der Waals surface area contributed by atoms with E-state index in [0.29, 0.717) is 12.8 Å². The Balaban J connectivity index is 2.96. The van der Waals surface area contributed by atoms with Crippen LogP contribution < -0.4 is 0 Å². The molecule has 0 aromatic rings. The normalized spacial score (nSPS) is 9.40. The third-order valence-electron chi connectivity index (χ3n) is 0.945. The molecule has 0 aliphatic rings. The number of carbonyl (C=O) groups excluding carboxylic acids is 1. The highest BCUT2D eigenvalue weighted by Crippen LogP contribution is 1.88. The lowest BCUT2D eigenvalue weighted by molar-refractivity contribution is -0.147. The van der Waals surface area contributed by atoms with Gasteiger partial charge in [-0.05, 0) is 12.8 Å². The van der Waals surface area contributed by atoms with Crippen molar-refractivity contribution in [3.63, 3.8) is 0 Å². The number of carbonyl (C=O) groups is 1. The molecular weight excluding hydrogens is 136 g/mol. The molecule has 10 heavy (non-hydrogen) atoms. The molecule has 0 aliphatic carbocycles. The van der Waals surface area contributed by atoms with E-state index in [4.69, 9.17) is 10.2 Å². The first-order valence-corrected chi connectivity index (χ1v) is 3.18. The zero-order valence-electron chi connectivity index (χ0n) is 5.75. The van der Waals surface area contributed by atoms with Gasteiger partial charge in [-0.1, -0.05) is 0 Å². The Morgan fingerprint density at radius 3 is 2.50 bits per heavy atom. The number of aliphatic hydroxyl groups excluding tert-OH is 2. The van der Waals surface area contributed by atoms with Gasteiger partial charge >= 0.3 is 5.97 Å². The number of esters is 1. The van der Waals surface area contributed by atoms with Gasteiger partial charge in [-0.3, -0.25) is 0 Å². The summed E-state index contributed by atoms with van der Waals surface area (Å²) in [6.07, 6.45) is 1.26. The molecule has 0 bridgehead atoms. The Hall–Kier alpha value is -0.610. The first-order chi connectivity index (χ1) is 4.81. The first kappa shape index (κ1) is 9.39. The van der Waals surface area contributed by atoms with Gasteiger partial charge in [0.05, 0.1) is 6.61 Å². The van der Waals surface area contributed by atoms with Gasteiger partial charge in [0.15, 0.2) is 0 Å². The summed E-state index contributed by atoms with van der Waals surface area (Å²) in [4.78, 5) is 10.2. The molecule has 0 aliphatic heterocycles. The van der Waals surface area contributed by atoms with Gasteiger partial charge in [0.1, 0.15) is 6.61 Å². The Morgan fingerprint density at radius 1 is 1.30 bits per heavy atom. The third kappa shape index (κ3) is 5.53. The van der Waals surface area contributed by atoms with E-state index in [-0.39, 0.29) is 13.2 Å². The van der Waals surface area contributed by atoms with E-state index in [0.717, 1.165) is 0 Å². The Kier molecular flexibility index (Phi) is 6.11. The van der Waals surface area contributed by atoms with E-state index in [1.54, 1.807) is 0 Å². The van der Waals surface area contributed by atoms with E-state index in [1.807, 2.05) is 0 Å². The van der Waals surface area contributed by atoms with Crippen LogP contribution in [0.4, 0.5) is 0 Å². The van der Waals surface area contributed by atoms with Crippen LogP contribution in [0.1, 0.15) is 12.8 Å². The fraction of sp³-hybridized carbons (Fsp3) is 0.833. The third-order valence-corrected chi connectivity index (χ3v) is 0.945. The zero-order chi connectivity index (χ0) is 7.82. The summed E-state index contributed by atoms with van der Waals surface area (Å²) >= 11 is 0. The second-order valence-electron chi connectivity index (χ2n) is 1.81. The smallest absolute Gasteiger partial charge is 0.331 e. The number of aliphatic hydroxyl groups is 2. The summed E-state index contributed by atoms with van der Waals surface area (Å²) < 4.78 is 4.49. The van der Waals surface area contributed by atoms with Crippen LogP contribution in [0.5, 0.6) is 0 Å². The largest absolute Gasteiger partial charge is 0.464 e. The van der Waals surface area contributed by atoms with Crippen molar-refractivity contribution < 1.29 is 19.7 Å². The van der Waals surface area contributed by atoms with Crippen LogP contribution in [-0.2, 0) is 9.53 Å². The first-order valence-electron chi connectivity index (χ1n) is 3.18. The molecular formula is C6H12O4. The lowest BCUT2D eigenvalue weighted by Crippen LogP contribution is -2.09. The van der Waals surface area contributed by atoms with E-state index in [9.17, 15) is 4.79 Å². The van der Waals surface area contributed by atoms with Crippen LogP contribution >= 0.6 is 0 Å². The van der Waals surface area contributed by atoms with Gasteiger partial charge in [-0.2, -0.15) is 0 Å². The minimum absolute atomic E-state index is 0.108. The molecule has 0 aromatic carbocycles. The fourth-order valence-electron chi connectivity index (χ4n) is 0.446. The van der Waals surface area contributed by atoms with Crippen molar-refractivity contribution in [3.05, 3.63) is 0 Å². The lowest BCUT2D eigenvalue weighted by atomic mass is 10.3. The van der Waals surface area contributed by atoms with Crippen molar-refractivity contribution in [1.82, 2.24) is 0 Å². The molecule has 0 saturated heterocycles. The number of rotatable bonds is 5. The lowest BCUT2D eigenvalue weighted by Gasteiger charge is -1.99. The van der Waals surface area contributed by atoms with Gasteiger partial charge in [0.25, 0.3) is 0 Å². The standard InChI is InChI=1S/C6H12O4/c7-3-1-2-4-10-6(9)5-8/h7-8H,1-5H2. The number of ether oxygens (including phenoxy) is 1. The van der Waals surface area contributed by atoms with Gasteiger partial charge < -0.3 is 14.9 Å². The highest BCUT2D eigenvalue weighted by atomic mass is 16.5. The van der Waals surface area contributed by atoms with Gasteiger partial charge in [0, 0.05) is 6.61 Å². The van der Waals surface area contributed by atoms with Crippen molar-refractivity contribution in [3.8, 4) is 0 Å². The molecule has 0 spiro atoms. The molecule has 0 rings (SSSR count). The quantitative estimate of drug-likeness (QED) is 0.399. The van der Waals surface area contributed by atoms with E-state index < -0.39 is 12.6 Å². The van der Waals surface area contributed by atoms with Crippen LogP contribution in [-0.4, -0.2) is 36.0 Å². The van der Waals surface area contributed by atoms with Crippen LogP contribution in [0.15, 0.2) is 0 Å². The summed E-state index contributed by atoms with van der Waals surface area (Å²) in [6, 6.07) is 0. The minimum atomic E-state index is -0.613. The molecule has 0 heterocycles. The van der Waals surface area contributed by atoms with E-state index in [1.165, 1.54) is 0 Å². The summed E-state index contributed by atoms with van der Waals surface area (Å²) in [7, 11) is 0. The summed E-state index contributed by atoms with van der Waals surface area (Å²) in [5.74, 6) is -0.613. The highest BCUT2D eigenvalue weighted by Gasteiger charge is 1.96. The monoisotopic (exact) mass is 148 g/mol. The molecule has 4 nitrogen and oxygen atoms in total. The Morgan fingerprint density at radius 2 is 2.00 bits per heavy atom. The molecule has 0 atom stereocenters. The van der Waals surface area contributed by atoms with Gasteiger partial charge in [-0.25, -0.2) is 4.79 Å². The topological polar surface area (TPSA) is 66.8 Å². The zero-order valence-corrected chi connectivity index (χ0v) is 5.75. The fourth-order valence-corrected chi connectivity index (χ4v) is 0.446. The van der Waals surface area contributed by atoms with Crippen LogP contribution in [0, 0.1) is 0 Å². The average molecular weight is 148 g/mol. The van der Waals surface area contributed by atoms with Gasteiger partial charge in [-0.15, -0.1) is 0 Å². The summed E-state index contributed by atoms with van der Waals surface area (Å²) in [5.41, 5.74) is 0. The van der Waals surface area contributed by atoms with Crippen molar-refractivity contribution in [1.29, 1.82) is 0 Å². The maximum absolute atomic E-state index is 10.2. The van der Waals surface area contributed by atoms with Crippen molar-refractivity contribution in [2.75, 3.05) is 19.8 Å². The maximum atomic E-state index is 10.2. The number of hydrogen-bond donors (Lipinski definition) is 2. The molecule has 0 amide bonds. The summed E-state index contributed by atoms with van der Waals surface area (Å²) in [6.45, 7) is -0.185. The van der Waals surface area contributed by atoms with E-state index >= 15 is 0 Å². The second kappa shape index (κ2) is 6.51. The molecule has 4 heteroatoms. The van der Waals surface area contributed by atoms with Crippen LogP contribution in [0.25, 0.3) is 0 Å². The molecule has 0 radical (unpaired) electrons. The van der Waals surface area contributed by atoms with Crippen molar-refractivity contribution in [2.24, 2.45) is 0 Å². The highest BCUT2D eigenvalue weighted by molar-refractivity contribution is 5.70. The van der Waals surface area contributed by atoms with Crippen LogP contribution in [0.2, 0.25) is 0 Å². The van der Waals surface area contributed by atoms with Gasteiger partial charge in [0.2, 0.25) is 0 Å². The maximum Gasteiger partial charge on any atom is 0.331 e. The average Bonchev–Trinajstić information content (AvgIpc) is 1.98. The van der Waals surface area contributed by atoms with Crippen molar-refractivity contribution >= 4 is 5.97 Å². The van der Waals surface area contributed by atoms with E-state index in [2.05, 4.69) is 4.74 Å². The minimum Gasteiger partial charge on any atom is -0.464 e. The van der Waals surface area contributed by atoms with Crippen molar-refractivity contribution in [2.45, 2.75) is 12.8 Å². The Bertz CT molecular complexity index is 91.7. The number of hydrogen-bond acceptors (Lipinski definition) is 4. The number of unbranched alkanes of at least 4 members (excludes halogenated alkanes) is 1. The predicted octanol–water partition coefficient (Wildman–Crippen LogP) is -0.706. The SMILES string of the molecule is O=C(CO)OCCCCO. The summed E-state index contributed by atoms with van der Waals surface area (Å²) in [5, 5.41) is 16.5.